The number of aryl methyl sites for hydroxylation is 1. The van der Waals surface area contributed by atoms with Crippen LogP contribution >= 0.6 is 22.9 Å². The van der Waals surface area contributed by atoms with E-state index in [1.807, 2.05) is 6.92 Å². The van der Waals surface area contributed by atoms with Crippen LogP contribution in [0.15, 0.2) is 12.1 Å². The summed E-state index contributed by atoms with van der Waals surface area (Å²) in [6, 6.07) is 4.50. The number of nitrogens with one attached hydrogen (secondary N) is 1. The predicted octanol–water partition coefficient (Wildman–Crippen LogP) is 3.55. The van der Waals surface area contributed by atoms with Gasteiger partial charge < -0.3 is 10.1 Å². The largest absolute Gasteiger partial charge is 0.463 e. The molecule has 0 unspecified atom stereocenters. The molecule has 2 rings (SSSR count). The highest BCUT2D eigenvalue weighted by molar-refractivity contribution is 7.12. The zero-order valence-electron chi connectivity index (χ0n) is 11.5. The van der Waals surface area contributed by atoms with Gasteiger partial charge in [0.1, 0.15) is 0 Å². The van der Waals surface area contributed by atoms with Crippen molar-refractivity contribution in [1.82, 2.24) is 15.0 Å². The Bertz CT molecular complexity index is 561. The van der Waals surface area contributed by atoms with Crippen LogP contribution in [0, 0.1) is 0 Å². The Labute approximate surface area is 127 Å². The smallest absolute Gasteiger partial charge is 0.322 e. The van der Waals surface area contributed by atoms with Crippen molar-refractivity contribution in [2.75, 3.05) is 11.9 Å². The highest BCUT2D eigenvalue weighted by atomic mass is 35.5. The van der Waals surface area contributed by atoms with Gasteiger partial charge in [-0.2, -0.15) is 15.0 Å². The summed E-state index contributed by atoms with van der Waals surface area (Å²) in [6.07, 6.45) is 1.94. The Morgan fingerprint density at radius 2 is 2.00 bits per heavy atom. The van der Waals surface area contributed by atoms with E-state index in [1.54, 1.807) is 11.3 Å². The summed E-state index contributed by atoms with van der Waals surface area (Å²) in [7, 11) is 0. The fourth-order valence-electron chi connectivity index (χ4n) is 1.54. The third-order valence-corrected chi connectivity index (χ3v) is 3.91. The first-order valence-electron chi connectivity index (χ1n) is 6.57. The second-order valence-electron chi connectivity index (χ2n) is 4.13. The molecule has 108 valence electrons. The lowest BCUT2D eigenvalue weighted by atomic mass is 10.4. The maximum Gasteiger partial charge on any atom is 0.322 e. The molecule has 2 aromatic rings. The third kappa shape index (κ3) is 4.31. The molecule has 5 nitrogen and oxygen atoms in total. The van der Waals surface area contributed by atoms with E-state index in [-0.39, 0.29) is 11.3 Å². The Balaban J connectivity index is 1.99. The summed E-state index contributed by atoms with van der Waals surface area (Å²) in [6.45, 7) is 5.39. The summed E-state index contributed by atoms with van der Waals surface area (Å²) in [4.78, 5) is 14.7. The van der Waals surface area contributed by atoms with Crippen LogP contribution in [0.2, 0.25) is 5.28 Å². The van der Waals surface area contributed by atoms with Crippen molar-refractivity contribution in [3.63, 3.8) is 0 Å². The summed E-state index contributed by atoms with van der Waals surface area (Å²) in [5.74, 6) is 0.433. The highest BCUT2D eigenvalue weighted by Gasteiger charge is 2.06. The van der Waals surface area contributed by atoms with Gasteiger partial charge in [0.15, 0.2) is 0 Å². The van der Waals surface area contributed by atoms with Crippen LogP contribution < -0.4 is 10.1 Å². The molecule has 0 aliphatic heterocycles. The second kappa shape index (κ2) is 7.40. The van der Waals surface area contributed by atoms with Gasteiger partial charge in [-0.25, -0.2) is 0 Å². The van der Waals surface area contributed by atoms with E-state index in [2.05, 4.69) is 39.3 Å². The SMILES string of the molecule is CCCOc1nc(Cl)nc(NCc2ccc(CC)s2)n1. The minimum Gasteiger partial charge on any atom is -0.463 e. The molecule has 7 heteroatoms. The summed E-state index contributed by atoms with van der Waals surface area (Å²) in [5.41, 5.74) is 0. The fourth-order valence-corrected chi connectivity index (χ4v) is 2.59. The number of thiophene rings is 1. The normalized spacial score (nSPS) is 10.6. The second-order valence-corrected chi connectivity index (χ2v) is 5.73. The number of hydrogen-bond acceptors (Lipinski definition) is 6. The van der Waals surface area contributed by atoms with Crippen molar-refractivity contribution in [3.05, 3.63) is 27.2 Å². The Kier molecular flexibility index (Phi) is 5.55. The molecule has 0 atom stereocenters. The zero-order chi connectivity index (χ0) is 14.4. The van der Waals surface area contributed by atoms with Crippen molar-refractivity contribution in [2.45, 2.75) is 33.2 Å². The van der Waals surface area contributed by atoms with Crippen LogP contribution in [0.5, 0.6) is 6.01 Å². The maximum atomic E-state index is 5.86. The first-order chi connectivity index (χ1) is 9.71. The Morgan fingerprint density at radius 3 is 2.70 bits per heavy atom. The van der Waals surface area contributed by atoms with E-state index in [9.17, 15) is 0 Å². The molecule has 2 heterocycles. The lowest BCUT2D eigenvalue weighted by Gasteiger charge is -2.06. The lowest BCUT2D eigenvalue weighted by molar-refractivity contribution is 0.291. The van der Waals surface area contributed by atoms with Crippen LogP contribution in [0.1, 0.15) is 30.0 Å². The molecule has 0 aromatic carbocycles. The van der Waals surface area contributed by atoms with Crippen molar-refractivity contribution < 1.29 is 4.74 Å². The number of hydrogen-bond donors (Lipinski definition) is 1. The average Bonchev–Trinajstić information content (AvgIpc) is 2.90. The molecule has 0 aliphatic carbocycles. The van der Waals surface area contributed by atoms with E-state index in [4.69, 9.17) is 16.3 Å². The molecular formula is C13H17ClN4OS. The van der Waals surface area contributed by atoms with Gasteiger partial charge in [-0.05, 0) is 36.6 Å². The van der Waals surface area contributed by atoms with Gasteiger partial charge in [0, 0.05) is 9.75 Å². The third-order valence-electron chi connectivity index (χ3n) is 2.51. The van der Waals surface area contributed by atoms with Gasteiger partial charge in [-0.3, -0.25) is 0 Å². The molecule has 0 saturated carbocycles. The van der Waals surface area contributed by atoms with Gasteiger partial charge in [0.2, 0.25) is 11.2 Å². The van der Waals surface area contributed by atoms with Gasteiger partial charge in [0.25, 0.3) is 0 Å². The number of aromatic nitrogens is 3. The highest BCUT2D eigenvalue weighted by Crippen LogP contribution is 2.18. The minimum absolute atomic E-state index is 0.133. The number of anilines is 1. The lowest BCUT2D eigenvalue weighted by Crippen LogP contribution is -2.07. The first-order valence-corrected chi connectivity index (χ1v) is 7.76. The summed E-state index contributed by atoms with van der Waals surface area (Å²) in [5, 5.41) is 3.27. The predicted molar refractivity (Wildman–Crippen MR) is 81.6 cm³/mol. The standard InChI is InChI=1S/C13H17ClN4OS/c1-3-7-19-13-17-11(14)16-12(18-13)15-8-10-6-5-9(4-2)20-10/h5-6H,3-4,7-8H2,1-2H3,(H,15,16,17,18). The quantitative estimate of drug-likeness (QED) is 0.847. The number of halogens is 1. The summed E-state index contributed by atoms with van der Waals surface area (Å²) < 4.78 is 5.37. The van der Waals surface area contributed by atoms with Crippen molar-refractivity contribution in [2.24, 2.45) is 0 Å². The van der Waals surface area contributed by atoms with Gasteiger partial charge in [0.05, 0.1) is 13.2 Å². The van der Waals surface area contributed by atoms with Crippen LogP contribution in [0.4, 0.5) is 5.95 Å². The van der Waals surface area contributed by atoms with Gasteiger partial charge in [-0.1, -0.05) is 13.8 Å². The molecule has 0 saturated heterocycles. The van der Waals surface area contributed by atoms with Crippen LogP contribution in [0.3, 0.4) is 0 Å². The maximum absolute atomic E-state index is 5.86. The summed E-state index contributed by atoms with van der Waals surface area (Å²) >= 11 is 7.63. The minimum atomic E-state index is 0.133. The topological polar surface area (TPSA) is 59.9 Å². The number of ether oxygens (including phenoxy) is 1. The molecule has 0 amide bonds. The first kappa shape index (κ1) is 15.0. The fraction of sp³-hybridized carbons (Fsp3) is 0.462. The van der Waals surface area contributed by atoms with E-state index in [0.29, 0.717) is 19.1 Å². The van der Waals surface area contributed by atoms with Crippen molar-refractivity contribution in [3.8, 4) is 6.01 Å². The molecule has 0 radical (unpaired) electrons. The van der Waals surface area contributed by atoms with Gasteiger partial charge >= 0.3 is 6.01 Å². The monoisotopic (exact) mass is 312 g/mol. The Hall–Kier alpha value is -1.40. The number of nitrogens with zero attached hydrogens (tertiary/aromatic N) is 3. The van der Waals surface area contributed by atoms with Crippen LogP contribution in [0.25, 0.3) is 0 Å². The molecule has 20 heavy (non-hydrogen) atoms. The molecule has 0 aliphatic rings. The van der Waals surface area contributed by atoms with E-state index in [0.717, 1.165) is 12.8 Å². The van der Waals surface area contributed by atoms with E-state index in [1.165, 1.54) is 9.75 Å². The van der Waals surface area contributed by atoms with Gasteiger partial charge in [-0.15, -0.1) is 11.3 Å². The molecular weight excluding hydrogens is 296 g/mol. The van der Waals surface area contributed by atoms with E-state index >= 15 is 0 Å². The molecule has 0 bridgehead atoms. The molecule has 0 spiro atoms. The van der Waals surface area contributed by atoms with Crippen LogP contribution in [-0.4, -0.2) is 21.6 Å². The van der Waals surface area contributed by atoms with E-state index < -0.39 is 0 Å². The Morgan fingerprint density at radius 1 is 1.20 bits per heavy atom. The van der Waals surface area contributed by atoms with Crippen LogP contribution in [-0.2, 0) is 13.0 Å². The van der Waals surface area contributed by atoms with Crippen molar-refractivity contribution >= 4 is 28.9 Å². The van der Waals surface area contributed by atoms with Crippen molar-refractivity contribution in [1.29, 1.82) is 0 Å². The average molecular weight is 313 g/mol. The zero-order valence-corrected chi connectivity index (χ0v) is 13.1. The molecule has 2 aromatic heterocycles. The number of rotatable bonds is 7. The molecule has 1 N–H and O–H groups in total. The molecule has 0 fully saturated rings.